The third kappa shape index (κ3) is 5.76. The van der Waals surface area contributed by atoms with E-state index in [-0.39, 0.29) is 5.75 Å². The molecule has 0 fully saturated rings. The van der Waals surface area contributed by atoms with Gasteiger partial charge in [-0.1, -0.05) is 42.0 Å². The largest absolute Gasteiger partial charge is 0.429 e. The molecule has 0 N–H and O–H groups in total. The van der Waals surface area contributed by atoms with Crippen LogP contribution in [-0.2, 0) is 0 Å². The SMILES string of the molecule is FS(F)(F)(F)(F)/N=C(/Cl)Oc1ccccc1. The Morgan fingerprint density at radius 2 is 1.56 bits per heavy atom. The van der Waals surface area contributed by atoms with Gasteiger partial charge in [0.2, 0.25) is 0 Å². The molecule has 0 amide bonds. The minimum absolute atomic E-state index is 0.127. The first-order valence-electron chi connectivity index (χ1n) is 3.69. The van der Waals surface area contributed by atoms with Crippen molar-refractivity contribution >= 4 is 27.4 Å². The maximum atomic E-state index is 11.8. The highest BCUT2D eigenvalue weighted by Crippen LogP contribution is 2.99. The highest BCUT2D eigenvalue weighted by molar-refractivity contribution is 8.44. The molecule has 0 bridgehead atoms. The monoisotopic (exact) mass is 281 g/mol. The Morgan fingerprint density at radius 1 is 1.06 bits per heavy atom. The van der Waals surface area contributed by atoms with Gasteiger partial charge in [0.15, 0.2) is 0 Å². The number of hydrogen-bond donors (Lipinski definition) is 0. The fourth-order valence-electron chi connectivity index (χ4n) is 0.740. The third-order valence-electron chi connectivity index (χ3n) is 1.19. The van der Waals surface area contributed by atoms with Gasteiger partial charge < -0.3 is 4.74 Å². The van der Waals surface area contributed by atoms with Gasteiger partial charge in [0.05, 0.1) is 0 Å². The van der Waals surface area contributed by atoms with E-state index in [1.165, 1.54) is 28.7 Å². The second-order valence-electron chi connectivity index (χ2n) is 2.69. The number of hydrogen-bond acceptors (Lipinski definition) is 2. The molecule has 1 aromatic carbocycles. The van der Waals surface area contributed by atoms with E-state index in [0.717, 1.165) is 0 Å². The molecule has 0 aromatic heterocycles. The maximum absolute atomic E-state index is 11.8. The lowest BCUT2D eigenvalue weighted by Crippen LogP contribution is -2.08. The number of benzene rings is 1. The summed E-state index contributed by atoms with van der Waals surface area (Å²) >= 11 is 4.84. The average Bonchev–Trinajstić information content (AvgIpc) is 1.98. The molecule has 0 spiro atoms. The predicted octanol–water partition coefficient (Wildman–Crippen LogP) is 4.87. The van der Waals surface area contributed by atoms with Crippen LogP contribution in [0.3, 0.4) is 0 Å². The van der Waals surface area contributed by atoms with Crippen LogP contribution in [0.25, 0.3) is 0 Å². The van der Waals surface area contributed by atoms with Gasteiger partial charge in [-0.2, -0.15) is 0 Å². The lowest BCUT2D eigenvalue weighted by molar-refractivity contribution is 0.365. The first-order chi connectivity index (χ1) is 6.95. The molecule has 0 heterocycles. The van der Waals surface area contributed by atoms with Gasteiger partial charge in [0.25, 0.3) is 0 Å². The van der Waals surface area contributed by atoms with Crippen molar-refractivity contribution in [3.05, 3.63) is 30.3 Å². The van der Waals surface area contributed by atoms with E-state index in [1.54, 1.807) is 6.07 Å². The van der Waals surface area contributed by atoms with Gasteiger partial charge in [-0.3, -0.25) is 0 Å². The van der Waals surface area contributed by atoms with Crippen LogP contribution in [-0.4, -0.2) is 5.36 Å². The second-order valence-corrected chi connectivity index (χ2v) is 5.05. The molecule has 0 radical (unpaired) electrons. The van der Waals surface area contributed by atoms with Crippen LogP contribution in [0.5, 0.6) is 5.75 Å². The molecule has 1 rings (SSSR count). The van der Waals surface area contributed by atoms with Crippen LogP contribution in [0.1, 0.15) is 0 Å². The van der Waals surface area contributed by atoms with E-state index in [1.807, 2.05) is 0 Å². The average molecular weight is 282 g/mol. The van der Waals surface area contributed by atoms with E-state index < -0.39 is 15.8 Å². The first kappa shape index (κ1) is 13.0. The zero-order valence-corrected chi connectivity index (χ0v) is 8.99. The van der Waals surface area contributed by atoms with Crippen molar-refractivity contribution in [1.82, 2.24) is 0 Å². The summed E-state index contributed by atoms with van der Waals surface area (Å²) in [7, 11) is -9.94. The van der Waals surface area contributed by atoms with Crippen molar-refractivity contribution in [2.24, 2.45) is 4.40 Å². The summed E-state index contributed by atoms with van der Waals surface area (Å²) in [6.45, 7) is 0. The van der Waals surface area contributed by atoms with Crippen LogP contribution in [0.4, 0.5) is 19.4 Å². The van der Waals surface area contributed by atoms with E-state index in [2.05, 4.69) is 4.74 Å². The normalized spacial score (nSPS) is 17.5. The van der Waals surface area contributed by atoms with Crippen molar-refractivity contribution in [2.75, 3.05) is 0 Å². The number of para-hydroxylation sites is 1. The number of halogens is 6. The lowest BCUT2D eigenvalue weighted by Gasteiger charge is -2.34. The number of rotatable bonds is 2. The molecule has 16 heavy (non-hydrogen) atoms. The number of ether oxygens (including phenoxy) is 1. The van der Waals surface area contributed by atoms with Crippen LogP contribution in [0, 0.1) is 0 Å². The molecular weight excluding hydrogens is 277 g/mol. The third-order valence-corrected chi connectivity index (χ3v) is 1.96. The predicted molar refractivity (Wildman–Crippen MR) is 53.5 cm³/mol. The maximum Gasteiger partial charge on any atom is 0.385 e. The van der Waals surface area contributed by atoms with Crippen molar-refractivity contribution < 1.29 is 24.2 Å². The molecule has 2 nitrogen and oxygen atoms in total. The van der Waals surface area contributed by atoms with Gasteiger partial charge in [0.1, 0.15) is 5.75 Å². The zero-order chi connectivity index (χ0) is 12.5. The summed E-state index contributed by atoms with van der Waals surface area (Å²) in [5, 5.41) is -1.68. The van der Waals surface area contributed by atoms with Crippen molar-refractivity contribution in [3.63, 3.8) is 0 Å². The van der Waals surface area contributed by atoms with E-state index in [0.29, 0.717) is 0 Å². The van der Waals surface area contributed by atoms with E-state index in [4.69, 9.17) is 11.6 Å². The fourth-order valence-corrected chi connectivity index (χ4v) is 1.53. The van der Waals surface area contributed by atoms with Crippen LogP contribution in [0.15, 0.2) is 34.7 Å². The summed E-state index contributed by atoms with van der Waals surface area (Å²) in [6.07, 6.45) is 0. The molecule has 0 saturated heterocycles. The van der Waals surface area contributed by atoms with Crippen molar-refractivity contribution in [1.29, 1.82) is 0 Å². The summed E-state index contributed by atoms with van der Waals surface area (Å²) in [6, 6.07) is 6.90. The molecule has 1 aromatic rings. The topological polar surface area (TPSA) is 21.6 Å². The van der Waals surface area contributed by atoms with Crippen molar-refractivity contribution in [2.45, 2.75) is 0 Å². The van der Waals surface area contributed by atoms with Crippen LogP contribution >= 0.6 is 22.0 Å². The molecule has 0 aliphatic rings. The van der Waals surface area contributed by atoms with Gasteiger partial charge >= 0.3 is 15.8 Å². The van der Waals surface area contributed by atoms with Crippen LogP contribution < -0.4 is 4.74 Å². The Kier molecular flexibility index (Phi) is 2.64. The van der Waals surface area contributed by atoms with Gasteiger partial charge in [0, 0.05) is 0 Å². The Balaban J connectivity index is 2.91. The van der Waals surface area contributed by atoms with Gasteiger partial charge in [-0.05, 0) is 23.7 Å². The molecule has 0 unspecified atom stereocenters. The second kappa shape index (κ2) is 3.24. The first-order valence-corrected chi connectivity index (χ1v) is 5.97. The molecule has 0 aliphatic heterocycles. The molecule has 0 aliphatic carbocycles. The Bertz CT molecular complexity index is 417. The standard InChI is InChI=1S/C7H5ClF5NOS/c8-7(14-16(9,10,11,12)13)15-6-4-2-1-3-5-6/h1-5H/b14-7-. The minimum Gasteiger partial charge on any atom is -0.429 e. The molecule has 9 heteroatoms. The van der Waals surface area contributed by atoms with Crippen molar-refractivity contribution in [3.8, 4) is 5.75 Å². The van der Waals surface area contributed by atoms with Gasteiger partial charge in [-0.15, -0.1) is 0 Å². The smallest absolute Gasteiger partial charge is 0.385 e. The fraction of sp³-hybridized carbons (Fsp3) is 0. The number of nitrogens with zero attached hydrogens (tertiary/aromatic N) is 1. The summed E-state index contributed by atoms with van der Waals surface area (Å²) in [5.74, 6) is -0.127. The summed E-state index contributed by atoms with van der Waals surface area (Å²) < 4.78 is 64.6. The summed E-state index contributed by atoms with van der Waals surface area (Å²) in [5.41, 5.74) is 0. The zero-order valence-electron chi connectivity index (χ0n) is 7.42. The quantitative estimate of drug-likeness (QED) is 0.430. The van der Waals surface area contributed by atoms with Crippen LogP contribution in [0.2, 0.25) is 0 Å². The molecule has 0 saturated carbocycles. The Morgan fingerprint density at radius 3 is 2.00 bits per heavy atom. The van der Waals surface area contributed by atoms with E-state index >= 15 is 0 Å². The minimum atomic E-state index is -9.94. The highest BCUT2D eigenvalue weighted by Gasteiger charge is 2.64. The molecule has 0 atom stereocenters. The Labute approximate surface area is 92.5 Å². The molecular formula is C7H5ClF5NOS. The van der Waals surface area contributed by atoms with Gasteiger partial charge in [-0.25, -0.2) is 0 Å². The Hall–Kier alpha value is -1.02. The lowest BCUT2D eigenvalue weighted by atomic mass is 10.3. The highest BCUT2D eigenvalue weighted by atomic mass is 35.5. The van der Waals surface area contributed by atoms with E-state index in [9.17, 15) is 19.4 Å². The summed E-state index contributed by atoms with van der Waals surface area (Å²) in [4.78, 5) is 0. The molecule has 92 valence electrons.